The Morgan fingerprint density at radius 1 is 1.06 bits per heavy atom. The number of anilines is 1. The molecule has 0 spiro atoms. The molecule has 178 valence electrons. The molecule has 1 saturated carbocycles. The standard InChI is InChI=1S/C28H28N4O3/c33-16-21-14-20(15-26(21)35-28(34)19-7-2-1-3-8-19)24-12-13-25-27(29-17-30-32(24)25)31-23-11-10-18-6-4-5-9-22(18)23/h1-9,12-13,17,20-21,23,26,33H,10-11,14-16H2,(H,29,30,31)/t20-,21+,23+,26+/m1/s1. The predicted molar refractivity (Wildman–Crippen MR) is 132 cm³/mol. The molecule has 1 fully saturated rings. The van der Waals surface area contributed by atoms with Crippen LogP contribution >= 0.6 is 0 Å². The fourth-order valence-corrected chi connectivity index (χ4v) is 5.69. The van der Waals surface area contributed by atoms with Crippen molar-refractivity contribution in [1.82, 2.24) is 14.6 Å². The minimum atomic E-state index is -0.347. The molecule has 4 aromatic rings. The first-order chi connectivity index (χ1) is 17.2. The minimum absolute atomic E-state index is 0.0184. The zero-order chi connectivity index (χ0) is 23.8. The molecule has 35 heavy (non-hydrogen) atoms. The first kappa shape index (κ1) is 21.8. The van der Waals surface area contributed by atoms with Gasteiger partial charge < -0.3 is 15.2 Å². The van der Waals surface area contributed by atoms with Crippen molar-refractivity contribution in [3.63, 3.8) is 0 Å². The molecule has 2 aromatic heterocycles. The number of rotatable bonds is 6. The number of carbonyl (C=O) groups is 1. The fraction of sp³-hybridized carbons (Fsp3) is 0.321. The van der Waals surface area contributed by atoms with Gasteiger partial charge in [-0.2, -0.15) is 5.10 Å². The molecule has 0 saturated heterocycles. The molecule has 2 aliphatic carbocycles. The number of benzene rings is 2. The number of hydrogen-bond acceptors (Lipinski definition) is 6. The number of fused-ring (bicyclic) bond motifs is 2. The number of nitrogens with zero attached hydrogens (tertiary/aromatic N) is 3. The third-order valence-electron chi connectivity index (χ3n) is 7.48. The molecule has 0 amide bonds. The van der Waals surface area contributed by atoms with Crippen molar-refractivity contribution in [3.05, 3.63) is 95.4 Å². The van der Waals surface area contributed by atoms with Crippen LogP contribution in [0.4, 0.5) is 5.82 Å². The van der Waals surface area contributed by atoms with Gasteiger partial charge in [0.15, 0.2) is 5.82 Å². The van der Waals surface area contributed by atoms with E-state index in [1.165, 1.54) is 11.1 Å². The molecule has 0 unspecified atom stereocenters. The van der Waals surface area contributed by atoms with Gasteiger partial charge in [-0.15, -0.1) is 0 Å². The Balaban J connectivity index is 1.22. The van der Waals surface area contributed by atoms with Gasteiger partial charge in [0.25, 0.3) is 0 Å². The van der Waals surface area contributed by atoms with Gasteiger partial charge in [0.05, 0.1) is 11.6 Å². The first-order valence-corrected chi connectivity index (χ1v) is 12.2. The van der Waals surface area contributed by atoms with Crippen molar-refractivity contribution in [1.29, 1.82) is 0 Å². The number of ether oxygens (including phenoxy) is 1. The fourth-order valence-electron chi connectivity index (χ4n) is 5.69. The second kappa shape index (κ2) is 9.15. The van der Waals surface area contributed by atoms with Gasteiger partial charge in [-0.3, -0.25) is 0 Å². The molecular weight excluding hydrogens is 440 g/mol. The lowest BCUT2D eigenvalue weighted by molar-refractivity contribution is 0.0129. The number of esters is 1. The summed E-state index contributed by atoms with van der Waals surface area (Å²) in [6.07, 6.45) is 4.74. The zero-order valence-electron chi connectivity index (χ0n) is 19.4. The average Bonchev–Trinajstić information content (AvgIpc) is 3.62. The van der Waals surface area contributed by atoms with Crippen LogP contribution in [0, 0.1) is 5.92 Å². The van der Waals surface area contributed by atoms with Crippen molar-refractivity contribution in [2.45, 2.75) is 43.7 Å². The SMILES string of the molecule is O=C(O[C@H]1C[C@H](c2ccc3c(N[C@H]4CCc5ccccc54)ncnn23)C[C@H]1CO)c1ccccc1. The molecule has 2 heterocycles. The normalized spacial score (nSPS) is 23.3. The second-order valence-electron chi connectivity index (χ2n) is 9.52. The number of hydrogen-bond donors (Lipinski definition) is 2. The Kier molecular flexibility index (Phi) is 5.70. The molecule has 7 nitrogen and oxygen atoms in total. The van der Waals surface area contributed by atoms with E-state index in [4.69, 9.17) is 4.74 Å². The largest absolute Gasteiger partial charge is 0.458 e. The summed E-state index contributed by atoms with van der Waals surface area (Å²) in [7, 11) is 0. The van der Waals surface area contributed by atoms with Crippen molar-refractivity contribution < 1.29 is 14.6 Å². The Hall–Kier alpha value is -3.71. The van der Waals surface area contributed by atoms with Crippen LogP contribution in [0.3, 0.4) is 0 Å². The highest BCUT2D eigenvalue weighted by Gasteiger charge is 2.38. The van der Waals surface area contributed by atoms with Crippen molar-refractivity contribution >= 4 is 17.3 Å². The summed E-state index contributed by atoms with van der Waals surface area (Å²) in [5.74, 6) is 0.489. The van der Waals surface area contributed by atoms with Crippen molar-refractivity contribution in [2.24, 2.45) is 5.92 Å². The highest BCUT2D eigenvalue weighted by Crippen LogP contribution is 2.41. The average molecular weight is 469 g/mol. The molecule has 2 N–H and O–H groups in total. The maximum absolute atomic E-state index is 12.6. The lowest BCUT2D eigenvalue weighted by atomic mass is 10.0. The molecule has 6 rings (SSSR count). The van der Waals surface area contributed by atoms with Gasteiger partial charge in [-0.25, -0.2) is 14.3 Å². The number of aliphatic hydroxyl groups excluding tert-OH is 1. The van der Waals surface area contributed by atoms with Gasteiger partial charge in [0.1, 0.15) is 17.9 Å². The van der Waals surface area contributed by atoms with E-state index in [9.17, 15) is 9.90 Å². The number of nitrogens with one attached hydrogen (secondary N) is 1. The van der Waals surface area contributed by atoms with Crippen LogP contribution in [-0.2, 0) is 11.2 Å². The van der Waals surface area contributed by atoms with E-state index < -0.39 is 0 Å². The smallest absolute Gasteiger partial charge is 0.338 e. The Morgan fingerprint density at radius 3 is 2.74 bits per heavy atom. The summed E-state index contributed by atoms with van der Waals surface area (Å²) in [6.45, 7) is -0.0184. The van der Waals surface area contributed by atoms with E-state index in [0.29, 0.717) is 12.0 Å². The summed E-state index contributed by atoms with van der Waals surface area (Å²) in [6, 6.07) is 21.9. The minimum Gasteiger partial charge on any atom is -0.458 e. The highest BCUT2D eigenvalue weighted by molar-refractivity contribution is 5.89. The monoisotopic (exact) mass is 468 g/mol. The van der Waals surface area contributed by atoms with Crippen LogP contribution in [0.25, 0.3) is 5.52 Å². The number of carbonyl (C=O) groups excluding carboxylic acids is 1. The molecule has 4 atom stereocenters. The van der Waals surface area contributed by atoms with E-state index in [-0.39, 0.29) is 36.6 Å². The summed E-state index contributed by atoms with van der Waals surface area (Å²) in [4.78, 5) is 17.2. The van der Waals surface area contributed by atoms with Crippen LogP contribution in [-0.4, -0.2) is 38.4 Å². The van der Waals surface area contributed by atoms with Crippen LogP contribution in [0.5, 0.6) is 0 Å². The third kappa shape index (κ3) is 4.06. The van der Waals surface area contributed by atoms with Gasteiger partial charge >= 0.3 is 5.97 Å². The van der Waals surface area contributed by atoms with Crippen LogP contribution in [0.2, 0.25) is 0 Å². The maximum Gasteiger partial charge on any atom is 0.338 e. The Bertz CT molecular complexity index is 1350. The van der Waals surface area contributed by atoms with E-state index in [2.05, 4.69) is 51.8 Å². The lowest BCUT2D eigenvalue weighted by Crippen LogP contribution is -2.24. The van der Waals surface area contributed by atoms with E-state index >= 15 is 0 Å². The Morgan fingerprint density at radius 2 is 1.89 bits per heavy atom. The molecule has 7 heteroatoms. The number of aromatic nitrogens is 3. The summed E-state index contributed by atoms with van der Waals surface area (Å²) >= 11 is 0. The quantitative estimate of drug-likeness (QED) is 0.404. The molecule has 0 radical (unpaired) electrons. The zero-order valence-corrected chi connectivity index (χ0v) is 19.4. The molecule has 2 aromatic carbocycles. The van der Waals surface area contributed by atoms with E-state index in [1.807, 2.05) is 22.7 Å². The molecule has 0 bridgehead atoms. The Labute approximate surface area is 203 Å². The first-order valence-electron chi connectivity index (χ1n) is 12.2. The lowest BCUT2D eigenvalue weighted by Gasteiger charge is -2.18. The summed E-state index contributed by atoms with van der Waals surface area (Å²) in [5.41, 5.74) is 5.23. The third-order valence-corrected chi connectivity index (χ3v) is 7.48. The van der Waals surface area contributed by atoms with Gasteiger partial charge in [-0.05, 0) is 61.1 Å². The van der Waals surface area contributed by atoms with Gasteiger partial charge in [0, 0.05) is 24.1 Å². The maximum atomic E-state index is 12.6. The predicted octanol–water partition coefficient (Wildman–Crippen LogP) is 4.54. The van der Waals surface area contributed by atoms with Crippen molar-refractivity contribution in [2.75, 3.05) is 11.9 Å². The van der Waals surface area contributed by atoms with Gasteiger partial charge in [0.2, 0.25) is 0 Å². The van der Waals surface area contributed by atoms with Crippen molar-refractivity contribution in [3.8, 4) is 0 Å². The topological polar surface area (TPSA) is 88.8 Å². The van der Waals surface area contributed by atoms with Crippen LogP contribution in [0.15, 0.2) is 73.1 Å². The second-order valence-corrected chi connectivity index (χ2v) is 9.52. The number of aliphatic hydroxyl groups is 1. The van der Waals surface area contributed by atoms with E-state index in [1.54, 1.807) is 18.5 Å². The summed E-state index contributed by atoms with van der Waals surface area (Å²) in [5, 5.41) is 18.2. The van der Waals surface area contributed by atoms with Crippen LogP contribution < -0.4 is 5.32 Å². The highest BCUT2D eigenvalue weighted by atomic mass is 16.5. The van der Waals surface area contributed by atoms with Gasteiger partial charge in [-0.1, -0.05) is 42.5 Å². The van der Waals surface area contributed by atoms with E-state index in [0.717, 1.165) is 36.3 Å². The summed E-state index contributed by atoms with van der Waals surface area (Å²) < 4.78 is 7.77. The molecule has 2 aliphatic rings. The molecule has 0 aliphatic heterocycles. The molecular formula is C28H28N4O3. The number of aryl methyl sites for hydroxylation is 1. The van der Waals surface area contributed by atoms with Crippen LogP contribution in [0.1, 0.15) is 58.4 Å².